The van der Waals surface area contributed by atoms with E-state index in [1.165, 1.54) is 22.7 Å². The van der Waals surface area contributed by atoms with E-state index in [-0.39, 0.29) is 23.6 Å². The summed E-state index contributed by atoms with van der Waals surface area (Å²) < 4.78 is 14.2. The highest BCUT2D eigenvalue weighted by atomic mass is 19.1. The molecule has 0 aliphatic rings. The Hall–Kier alpha value is -3.07. The van der Waals surface area contributed by atoms with Gasteiger partial charge in [0.05, 0.1) is 12.1 Å². The number of H-pyrrole nitrogens is 1. The third-order valence-electron chi connectivity index (χ3n) is 3.09. The van der Waals surface area contributed by atoms with E-state index in [0.29, 0.717) is 11.3 Å². The maximum Gasteiger partial charge on any atom is 0.290 e. The minimum absolute atomic E-state index is 0.145. The van der Waals surface area contributed by atoms with Crippen LogP contribution >= 0.6 is 0 Å². The molecule has 0 aliphatic heterocycles. The van der Waals surface area contributed by atoms with Crippen molar-refractivity contribution in [2.75, 3.05) is 0 Å². The minimum Gasteiger partial charge on any atom is -0.294 e. The number of benzene rings is 1. The number of rotatable bonds is 3. The average molecular weight is 302 g/mol. The molecule has 0 fully saturated rings. The number of amides is 1. The van der Waals surface area contributed by atoms with E-state index in [9.17, 15) is 14.0 Å². The van der Waals surface area contributed by atoms with Gasteiger partial charge in [0.1, 0.15) is 11.3 Å². The number of carbonyl (C=O) groups excluding carboxylic acids is 1. The lowest BCUT2D eigenvalue weighted by Crippen LogP contribution is -2.33. The van der Waals surface area contributed by atoms with E-state index in [4.69, 9.17) is 5.84 Å². The molecule has 9 heteroatoms. The third kappa shape index (κ3) is 2.44. The fourth-order valence-corrected chi connectivity index (χ4v) is 2.03. The summed E-state index contributed by atoms with van der Waals surface area (Å²) in [4.78, 5) is 23.2. The Morgan fingerprint density at radius 3 is 2.77 bits per heavy atom. The van der Waals surface area contributed by atoms with Crippen molar-refractivity contribution >= 4 is 11.4 Å². The zero-order chi connectivity index (χ0) is 15.7. The smallest absolute Gasteiger partial charge is 0.290 e. The number of hydrogen-bond donors (Lipinski definition) is 3. The van der Waals surface area contributed by atoms with Crippen molar-refractivity contribution in [3.8, 4) is 11.3 Å². The van der Waals surface area contributed by atoms with Crippen LogP contribution in [0.25, 0.3) is 16.8 Å². The predicted octanol–water partition coefficient (Wildman–Crippen LogP) is -0.244. The summed E-state index contributed by atoms with van der Waals surface area (Å²) in [6.45, 7) is 0. The summed E-state index contributed by atoms with van der Waals surface area (Å²) in [5.74, 6) is 4.43. The van der Waals surface area contributed by atoms with Gasteiger partial charge in [-0.05, 0) is 30.3 Å². The van der Waals surface area contributed by atoms with E-state index in [2.05, 4.69) is 15.3 Å². The first-order chi connectivity index (χ1) is 10.6. The summed E-state index contributed by atoms with van der Waals surface area (Å²) >= 11 is 0. The zero-order valence-electron chi connectivity index (χ0n) is 11.2. The molecule has 0 saturated heterocycles. The number of nitrogens with two attached hydrogens (primary N) is 1. The predicted molar refractivity (Wildman–Crippen MR) is 75.0 cm³/mol. The molecule has 0 saturated carbocycles. The number of halogens is 1. The Morgan fingerprint density at radius 2 is 2.09 bits per heavy atom. The number of aromatic nitrogens is 4. The van der Waals surface area contributed by atoms with Crippen LogP contribution in [0.2, 0.25) is 0 Å². The summed E-state index contributed by atoms with van der Waals surface area (Å²) in [6.07, 6.45) is -0.145. The molecule has 0 unspecified atom stereocenters. The first-order valence-electron chi connectivity index (χ1n) is 6.31. The highest BCUT2D eigenvalue weighted by molar-refractivity contribution is 5.77. The Labute approximate surface area is 122 Å². The molecule has 3 rings (SSSR count). The van der Waals surface area contributed by atoms with Crippen LogP contribution in [0, 0.1) is 5.82 Å². The fraction of sp³-hybridized carbons (Fsp3) is 0.0769. The van der Waals surface area contributed by atoms with Gasteiger partial charge in [-0.2, -0.15) is 10.2 Å². The number of hydrogen-bond acceptors (Lipinski definition) is 5. The second kappa shape index (κ2) is 5.37. The quantitative estimate of drug-likeness (QED) is 0.350. The van der Waals surface area contributed by atoms with Crippen LogP contribution in [0.1, 0.15) is 5.82 Å². The Balaban J connectivity index is 2.13. The first-order valence-corrected chi connectivity index (χ1v) is 6.31. The van der Waals surface area contributed by atoms with Gasteiger partial charge in [-0.3, -0.25) is 15.0 Å². The van der Waals surface area contributed by atoms with Gasteiger partial charge in [0.15, 0.2) is 5.82 Å². The molecule has 1 aromatic carbocycles. The second-order valence-electron chi connectivity index (χ2n) is 4.55. The largest absolute Gasteiger partial charge is 0.294 e. The second-order valence-corrected chi connectivity index (χ2v) is 4.55. The molecule has 0 spiro atoms. The molecule has 2 heterocycles. The molecule has 1 amide bonds. The van der Waals surface area contributed by atoms with Gasteiger partial charge in [-0.15, -0.1) is 0 Å². The lowest BCUT2D eigenvalue weighted by Gasteiger charge is -2.01. The summed E-state index contributed by atoms with van der Waals surface area (Å²) in [6, 6.07) is 7.22. The van der Waals surface area contributed by atoms with Crippen LogP contribution in [0.15, 0.2) is 35.1 Å². The lowest BCUT2D eigenvalue weighted by molar-refractivity contribution is -0.120. The standard InChI is InChI=1S/C13H11FN6O2/c14-8-3-1-7(2-4-8)9-5-10-13(22)18-17-11(20(10)19-9)6-12(21)16-15/h1-5H,6,15H2,(H,16,21)(H,18,22). The zero-order valence-corrected chi connectivity index (χ0v) is 11.2. The summed E-state index contributed by atoms with van der Waals surface area (Å²) in [5.41, 5.74) is 2.87. The summed E-state index contributed by atoms with van der Waals surface area (Å²) in [5, 5.41) is 10.4. The van der Waals surface area contributed by atoms with Gasteiger partial charge >= 0.3 is 0 Å². The van der Waals surface area contributed by atoms with E-state index in [1.807, 2.05) is 5.43 Å². The van der Waals surface area contributed by atoms with Crippen LogP contribution in [-0.4, -0.2) is 25.7 Å². The summed E-state index contributed by atoms with van der Waals surface area (Å²) in [7, 11) is 0. The molecule has 0 aliphatic carbocycles. The maximum absolute atomic E-state index is 13.0. The molecule has 0 atom stereocenters. The van der Waals surface area contributed by atoms with Gasteiger partial charge in [0, 0.05) is 5.56 Å². The number of hydrazine groups is 1. The Kier molecular flexibility index (Phi) is 3.39. The van der Waals surface area contributed by atoms with Crippen LogP contribution in [0.3, 0.4) is 0 Å². The minimum atomic E-state index is -0.473. The van der Waals surface area contributed by atoms with Gasteiger partial charge < -0.3 is 0 Å². The highest BCUT2D eigenvalue weighted by Crippen LogP contribution is 2.19. The molecular weight excluding hydrogens is 291 g/mol. The van der Waals surface area contributed by atoms with Crippen molar-refractivity contribution in [3.05, 3.63) is 52.3 Å². The number of nitrogens with zero attached hydrogens (tertiary/aromatic N) is 3. The molecule has 8 nitrogen and oxygen atoms in total. The highest BCUT2D eigenvalue weighted by Gasteiger charge is 2.14. The normalized spacial score (nSPS) is 10.8. The van der Waals surface area contributed by atoms with Gasteiger partial charge in [0.25, 0.3) is 5.56 Å². The van der Waals surface area contributed by atoms with Crippen LogP contribution in [-0.2, 0) is 11.2 Å². The SMILES string of the molecule is NNC(=O)Cc1n[nH]c(=O)c2cc(-c3ccc(F)cc3)nn12. The Bertz CT molecular complexity index is 899. The molecule has 22 heavy (non-hydrogen) atoms. The van der Waals surface area contributed by atoms with E-state index < -0.39 is 11.5 Å². The van der Waals surface area contributed by atoms with Crippen LogP contribution in [0.4, 0.5) is 4.39 Å². The maximum atomic E-state index is 13.0. The van der Waals surface area contributed by atoms with Crippen molar-refractivity contribution in [2.45, 2.75) is 6.42 Å². The molecule has 112 valence electrons. The molecule has 0 bridgehead atoms. The number of fused-ring (bicyclic) bond motifs is 1. The monoisotopic (exact) mass is 302 g/mol. The van der Waals surface area contributed by atoms with E-state index in [1.54, 1.807) is 12.1 Å². The van der Waals surface area contributed by atoms with Crippen molar-refractivity contribution in [3.63, 3.8) is 0 Å². The van der Waals surface area contributed by atoms with Crippen molar-refractivity contribution in [1.29, 1.82) is 0 Å². The van der Waals surface area contributed by atoms with Crippen molar-refractivity contribution < 1.29 is 9.18 Å². The molecule has 0 radical (unpaired) electrons. The van der Waals surface area contributed by atoms with Gasteiger partial charge in [0.2, 0.25) is 5.91 Å². The number of nitrogens with one attached hydrogen (secondary N) is 2. The van der Waals surface area contributed by atoms with Crippen LogP contribution < -0.4 is 16.8 Å². The van der Waals surface area contributed by atoms with Gasteiger partial charge in [-0.1, -0.05) is 0 Å². The van der Waals surface area contributed by atoms with Crippen LogP contribution in [0.5, 0.6) is 0 Å². The van der Waals surface area contributed by atoms with Gasteiger partial charge in [-0.25, -0.2) is 19.8 Å². The fourth-order valence-electron chi connectivity index (χ4n) is 2.03. The van der Waals surface area contributed by atoms with Crippen molar-refractivity contribution in [2.24, 2.45) is 5.84 Å². The third-order valence-corrected chi connectivity index (χ3v) is 3.09. The Morgan fingerprint density at radius 1 is 1.36 bits per heavy atom. The van der Waals surface area contributed by atoms with E-state index in [0.717, 1.165) is 0 Å². The lowest BCUT2D eigenvalue weighted by atomic mass is 10.1. The average Bonchev–Trinajstić information content (AvgIpc) is 2.97. The number of carbonyl (C=O) groups is 1. The van der Waals surface area contributed by atoms with E-state index >= 15 is 0 Å². The molecule has 4 N–H and O–H groups in total. The van der Waals surface area contributed by atoms with Crippen molar-refractivity contribution in [1.82, 2.24) is 25.2 Å². The molecule has 2 aromatic heterocycles. The number of aromatic amines is 1. The topological polar surface area (TPSA) is 118 Å². The molecule has 3 aromatic rings. The first kappa shape index (κ1) is 13.9. The molecular formula is C13H11FN6O2.